The molecule has 0 saturated carbocycles. The maximum absolute atomic E-state index is 12.1. The number of rotatable bonds is 6. The van der Waals surface area contributed by atoms with Gasteiger partial charge in [-0.15, -0.1) is 0 Å². The van der Waals surface area contributed by atoms with Crippen molar-refractivity contribution in [1.82, 2.24) is 16.0 Å². The minimum Gasteiger partial charge on any atom is -0.496 e. The highest BCUT2D eigenvalue weighted by Gasteiger charge is 2.37. The smallest absolute Gasteiger partial charge is 0.321 e. The fourth-order valence-electron chi connectivity index (χ4n) is 3.11. The first-order valence-corrected chi connectivity index (χ1v) is 8.49. The van der Waals surface area contributed by atoms with Crippen molar-refractivity contribution in [1.29, 1.82) is 0 Å². The normalized spacial score (nSPS) is 17.4. The third-order valence-electron chi connectivity index (χ3n) is 4.73. The van der Waals surface area contributed by atoms with Crippen molar-refractivity contribution >= 4 is 11.9 Å². The van der Waals surface area contributed by atoms with E-state index in [4.69, 9.17) is 9.47 Å². The number of carbonyl (C=O) groups excluding carboxylic acids is 2. The van der Waals surface area contributed by atoms with Gasteiger partial charge in [0.1, 0.15) is 5.75 Å². The van der Waals surface area contributed by atoms with Gasteiger partial charge in [-0.3, -0.25) is 10.1 Å². The fraction of sp³-hybridized carbons (Fsp3) is 0.556. The highest BCUT2D eigenvalue weighted by Crippen LogP contribution is 2.39. The van der Waals surface area contributed by atoms with Gasteiger partial charge in [0.25, 0.3) is 0 Å². The van der Waals surface area contributed by atoms with Gasteiger partial charge in [0.05, 0.1) is 13.2 Å². The maximum Gasteiger partial charge on any atom is 0.321 e. The SMILES string of the molecule is CNC(=O)NC(=O)[C@@H](C)NCC1(c2ccccc2OC)CCOCC1. The minimum absolute atomic E-state index is 0.174. The molecule has 7 nitrogen and oxygen atoms in total. The van der Waals surface area contributed by atoms with Crippen LogP contribution in [0.25, 0.3) is 0 Å². The average molecular weight is 349 g/mol. The van der Waals surface area contributed by atoms with Crippen molar-refractivity contribution in [3.8, 4) is 5.75 Å². The Morgan fingerprint density at radius 1 is 1.28 bits per heavy atom. The quantitative estimate of drug-likeness (QED) is 0.718. The first kappa shape index (κ1) is 19.2. The van der Waals surface area contributed by atoms with Crippen molar-refractivity contribution in [2.24, 2.45) is 0 Å². The first-order chi connectivity index (χ1) is 12.0. The van der Waals surface area contributed by atoms with Crippen molar-refractivity contribution in [3.63, 3.8) is 0 Å². The molecule has 3 amide bonds. The second-order valence-corrected chi connectivity index (χ2v) is 6.26. The van der Waals surface area contributed by atoms with Gasteiger partial charge in [-0.2, -0.15) is 0 Å². The summed E-state index contributed by atoms with van der Waals surface area (Å²) in [6.07, 6.45) is 1.67. The summed E-state index contributed by atoms with van der Waals surface area (Å²) >= 11 is 0. The summed E-state index contributed by atoms with van der Waals surface area (Å²) in [5, 5.41) is 7.93. The van der Waals surface area contributed by atoms with Gasteiger partial charge < -0.3 is 20.1 Å². The van der Waals surface area contributed by atoms with Gasteiger partial charge in [-0.05, 0) is 25.8 Å². The number of methoxy groups -OCH3 is 1. The highest BCUT2D eigenvalue weighted by atomic mass is 16.5. The minimum atomic E-state index is -0.510. The zero-order valence-electron chi connectivity index (χ0n) is 15.1. The van der Waals surface area contributed by atoms with E-state index in [9.17, 15) is 9.59 Å². The molecule has 1 aliphatic heterocycles. The molecule has 138 valence electrons. The lowest BCUT2D eigenvalue weighted by Crippen LogP contribution is -2.51. The van der Waals surface area contributed by atoms with E-state index in [0.717, 1.165) is 24.2 Å². The Bertz CT molecular complexity index is 600. The first-order valence-electron chi connectivity index (χ1n) is 8.49. The summed E-state index contributed by atoms with van der Waals surface area (Å²) in [5.74, 6) is 0.482. The number of benzene rings is 1. The Kier molecular flexibility index (Phi) is 6.78. The molecule has 1 atom stereocenters. The summed E-state index contributed by atoms with van der Waals surface area (Å²) in [7, 11) is 3.14. The molecule has 0 aliphatic carbocycles. The van der Waals surface area contributed by atoms with Crippen LogP contribution in [-0.4, -0.2) is 51.9 Å². The van der Waals surface area contributed by atoms with Crippen LogP contribution < -0.4 is 20.7 Å². The molecule has 1 aromatic rings. The lowest BCUT2D eigenvalue weighted by Gasteiger charge is -2.39. The Labute approximate surface area is 148 Å². The molecule has 0 spiro atoms. The molecule has 1 fully saturated rings. The summed E-state index contributed by atoms with van der Waals surface area (Å²) in [6.45, 7) is 3.67. The van der Waals surface area contributed by atoms with Crippen LogP contribution >= 0.6 is 0 Å². The molecule has 0 radical (unpaired) electrons. The molecule has 25 heavy (non-hydrogen) atoms. The van der Waals surface area contributed by atoms with Gasteiger partial charge in [-0.1, -0.05) is 18.2 Å². The van der Waals surface area contributed by atoms with Crippen LogP contribution in [0.1, 0.15) is 25.3 Å². The van der Waals surface area contributed by atoms with Gasteiger partial charge >= 0.3 is 6.03 Å². The molecule has 1 heterocycles. The second kappa shape index (κ2) is 8.82. The van der Waals surface area contributed by atoms with E-state index < -0.39 is 12.1 Å². The van der Waals surface area contributed by atoms with Crippen molar-refractivity contribution in [2.45, 2.75) is 31.2 Å². The zero-order chi connectivity index (χ0) is 18.3. The van der Waals surface area contributed by atoms with Gasteiger partial charge in [-0.25, -0.2) is 4.79 Å². The van der Waals surface area contributed by atoms with E-state index in [1.807, 2.05) is 18.2 Å². The standard InChI is InChI=1S/C18H27N3O4/c1-13(16(22)21-17(23)19-2)20-12-18(8-10-25-11-9-18)14-6-4-5-7-15(14)24-3/h4-7,13,20H,8-12H2,1-3H3,(H2,19,21,22,23)/t13-/m1/s1. The number of amides is 3. The monoisotopic (exact) mass is 349 g/mol. The number of carbonyl (C=O) groups is 2. The number of hydrogen-bond acceptors (Lipinski definition) is 5. The van der Waals surface area contributed by atoms with E-state index in [0.29, 0.717) is 19.8 Å². The average Bonchev–Trinajstić information content (AvgIpc) is 2.66. The van der Waals surface area contributed by atoms with Gasteiger partial charge in [0, 0.05) is 37.8 Å². The third kappa shape index (κ3) is 4.70. The Morgan fingerprint density at radius 2 is 1.96 bits per heavy atom. The number of imide groups is 1. The Morgan fingerprint density at radius 3 is 2.60 bits per heavy atom. The van der Waals surface area contributed by atoms with Gasteiger partial charge in [0.15, 0.2) is 0 Å². The van der Waals surface area contributed by atoms with Crippen LogP contribution in [0.5, 0.6) is 5.75 Å². The molecule has 3 N–H and O–H groups in total. The lowest BCUT2D eigenvalue weighted by molar-refractivity contribution is -0.121. The Hall–Kier alpha value is -2.12. The number of nitrogens with one attached hydrogen (secondary N) is 3. The van der Waals surface area contributed by atoms with Crippen LogP contribution in [-0.2, 0) is 14.9 Å². The number of urea groups is 1. The highest BCUT2D eigenvalue weighted by molar-refractivity contribution is 5.96. The topological polar surface area (TPSA) is 88.7 Å². The van der Waals surface area contributed by atoms with Crippen LogP contribution in [0.2, 0.25) is 0 Å². The molecule has 7 heteroatoms. The molecular formula is C18H27N3O4. The van der Waals surface area contributed by atoms with E-state index in [1.54, 1.807) is 14.0 Å². The molecule has 1 aromatic carbocycles. The van der Waals surface area contributed by atoms with Crippen LogP contribution in [0.15, 0.2) is 24.3 Å². The number of ether oxygens (including phenoxy) is 2. The molecule has 2 rings (SSSR count). The summed E-state index contributed by atoms with van der Waals surface area (Å²) in [5.41, 5.74) is 0.944. The maximum atomic E-state index is 12.1. The van der Waals surface area contributed by atoms with Crippen molar-refractivity contribution in [3.05, 3.63) is 29.8 Å². The molecule has 0 unspecified atom stereocenters. The largest absolute Gasteiger partial charge is 0.496 e. The van der Waals surface area contributed by atoms with E-state index >= 15 is 0 Å². The number of hydrogen-bond donors (Lipinski definition) is 3. The van der Waals surface area contributed by atoms with E-state index in [-0.39, 0.29) is 11.3 Å². The molecule has 0 bridgehead atoms. The van der Waals surface area contributed by atoms with Gasteiger partial charge in [0.2, 0.25) is 5.91 Å². The van der Waals surface area contributed by atoms with Crippen molar-refractivity contribution < 1.29 is 19.1 Å². The second-order valence-electron chi connectivity index (χ2n) is 6.26. The fourth-order valence-corrected chi connectivity index (χ4v) is 3.11. The van der Waals surface area contributed by atoms with Crippen LogP contribution in [0, 0.1) is 0 Å². The third-order valence-corrected chi connectivity index (χ3v) is 4.73. The van der Waals surface area contributed by atoms with Crippen molar-refractivity contribution in [2.75, 3.05) is 33.9 Å². The summed E-state index contributed by atoms with van der Waals surface area (Å²) in [6, 6.07) is 6.96. The molecule has 1 saturated heterocycles. The van der Waals surface area contributed by atoms with E-state index in [2.05, 4.69) is 22.0 Å². The molecule has 0 aromatic heterocycles. The van der Waals surface area contributed by atoms with E-state index in [1.165, 1.54) is 7.05 Å². The summed E-state index contributed by atoms with van der Waals surface area (Å²) < 4.78 is 11.1. The summed E-state index contributed by atoms with van der Waals surface area (Å²) in [4.78, 5) is 23.4. The predicted molar refractivity (Wildman–Crippen MR) is 94.8 cm³/mol. The van der Waals surface area contributed by atoms with Crippen LogP contribution in [0.3, 0.4) is 0 Å². The number of para-hydroxylation sites is 1. The predicted octanol–water partition coefficient (Wildman–Crippen LogP) is 1.18. The molecular weight excluding hydrogens is 322 g/mol. The zero-order valence-corrected chi connectivity index (χ0v) is 15.1. The Balaban J connectivity index is 2.13. The van der Waals surface area contributed by atoms with Crippen LogP contribution in [0.4, 0.5) is 4.79 Å². The molecule has 1 aliphatic rings. The lowest BCUT2D eigenvalue weighted by atomic mass is 9.73.